The number of ketones is 1. The second-order valence-corrected chi connectivity index (χ2v) is 5.44. The fourth-order valence-electron chi connectivity index (χ4n) is 2.28. The molecule has 0 saturated heterocycles. The molecule has 0 aliphatic rings. The van der Waals surface area contributed by atoms with Gasteiger partial charge in [0.15, 0.2) is 12.4 Å². The lowest BCUT2D eigenvalue weighted by Crippen LogP contribution is -2.20. The number of imidazole rings is 1. The molecule has 3 rings (SSSR count). The molecule has 0 atom stereocenters. The molecule has 0 unspecified atom stereocenters. The van der Waals surface area contributed by atoms with Gasteiger partial charge in [0.1, 0.15) is 5.75 Å². The molecule has 126 valence electrons. The van der Waals surface area contributed by atoms with Crippen LogP contribution in [0.25, 0.3) is 5.69 Å². The van der Waals surface area contributed by atoms with Crippen LogP contribution < -0.4 is 10.1 Å². The highest BCUT2D eigenvalue weighted by molar-refractivity contribution is 5.94. The number of hydrogen-bond acceptors (Lipinski definition) is 4. The van der Waals surface area contributed by atoms with Crippen LogP contribution in [0.4, 0.5) is 5.69 Å². The predicted molar refractivity (Wildman–Crippen MR) is 94.1 cm³/mol. The Morgan fingerprint density at radius 3 is 2.64 bits per heavy atom. The fraction of sp³-hybridized carbons (Fsp3) is 0.105. The quantitative estimate of drug-likeness (QED) is 0.703. The Bertz CT molecular complexity index is 871. The molecule has 0 radical (unpaired) electrons. The van der Waals surface area contributed by atoms with E-state index in [1.165, 1.54) is 6.92 Å². The van der Waals surface area contributed by atoms with Crippen molar-refractivity contribution in [2.75, 3.05) is 11.9 Å². The van der Waals surface area contributed by atoms with Crippen molar-refractivity contribution in [3.8, 4) is 11.4 Å². The number of benzene rings is 2. The third kappa shape index (κ3) is 4.32. The van der Waals surface area contributed by atoms with E-state index in [0.29, 0.717) is 17.0 Å². The first-order chi connectivity index (χ1) is 12.1. The molecule has 25 heavy (non-hydrogen) atoms. The summed E-state index contributed by atoms with van der Waals surface area (Å²) in [6.45, 7) is 1.35. The summed E-state index contributed by atoms with van der Waals surface area (Å²) in [7, 11) is 0. The molecule has 1 heterocycles. The normalized spacial score (nSPS) is 10.3. The zero-order valence-electron chi connectivity index (χ0n) is 13.7. The van der Waals surface area contributed by atoms with E-state index >= 15 is 0 Å². The largest absolute Gasteiger partial charge is 0.484 e. The molecule has 0 bridgehead atoms. The first-order valence-electron chi connectivity index (χ1n) is 7.74. The van der Waals surface area contributed by atoms with Gasteiger partial charge in [0.25, 0.3) is 5.91 Å². The lowest BCUT2D eigenvalue weighted by Gasteiger charge is -2.09. The number of nitrogens with one attached hydrogen (secondary N) is 1. The molecule has 6 heteroatoms. The topological polar surface area (TPSA) is 73.2 Å². The van der Waals surface area contributed by atoms with Crippen LogP contribution in [0.1, 0.15) is 17.3 Å². The Morgan fingerprint density at radius 2 is 1.96 bits per heavy atom. The number of carbonyl (C=O) groups is 2. The third-order valence-electron chi connectivity index (χ3n) is 3.56. The van der Waals surface area contributed by atoms with Gasteiger partial charge in [-0.15, -0.1) is 0 Å². The Labute approximate surface area is 145 Å². The molecule has 6 nitrogen and oxygen atoms in total. The van der Waals surface area contributed by atoms with Gasteiger partial charge in [-0.1, -0.05) is 12.1 Å². The number of aromatic nitrogens is 2. The zero-order valence-corrected chi connectivity index (χ0v) is 13.7. The number of Topliss-reactive ketones (excluding diaryl/α,β-unsaturated/α-hetero) is 1. The molecule has 2 aromatic carbocycles. The van der Waals surface area contributed by atoms with Crippen LogP contribution in [-0.4, -0.2) is 27.8 Å². The van der Waals surface area contributed by atoms with Crippen molar-refractivity contribution in [2.45, 2.75) is 6.92 Å². The molecule has 0 spiro atoms. The van der Waals surface area contributed by atoms with Gasteiger partial charge in [-0.25, -0.2) is 4.98 Å². The second-order valence-electron chi connectivity index (χ2n) is 5.44. The first-order valence-corrected chi connectivity index (χ1v) is 7.74. The smallest absolute Gasteiger partial charge is 0.262 e. The summed E-state index contributed by atoms with van der Waals surface area (Å²) in [5.41, 5.74) is 2.18. The summed E-state index contributed by atoms with van der Waals surface area (Å²) < 4.78 is 7.31. The summed E-state index contributed by atoms with van der Waals surface area (Å²) in [5.74, 6) is 0.162. The van der Waals surface area contributed by atoms with E-state index in [1.807, 2.05) is 35.0 Å². The van der Waals surface area contributed by atoms with E-state index in [1.54, 1.807) is 36.8 Å². The van der Waals surface area contributed by atoms with E-state index in [0.717, 1.165) is 5.69 Å². The summed E-state index contributed by atoms with van der Waals surface area (Å²) in [6.07, 6.45) is 5.25. The van der Waals surface area contributed by atoms with Gasteiger partial charge < -0.3 is 14.6 Å². The first kappa shape index (κ1) is 16.4. The summed E-state index contributed by atoms with van der Waals surface area (Å²) in [4.78, 5) is 27.3. The number of amides is 1. The van der Waals surface area contributed by atoms with Crippen LogP contribution >= 0.6 is 0 Å². The number of anilines is 1. The molecule has 0 aliphatic heterocycles. The molecule has 0 saturated carbocycles. The Hall–Kier alpha value is -3.41. The maximum atomic E-state index is 12.0. The van der Waals surface area contributed by atoms with Crippen molar-refractivity contribution in [1.29, 1.82) is 0 Å². The average Bonchev–Trinajstić information content (AvgIpc) is 3.15. The van der Waals surface area contributed by atoms with Crippen molar-refractivity contribution < 1.29 is 14.3 Å². The molecule has 1 N–H and O–H groups in total. The van der Waals surface area contributed by atoms with E-state index in [9.17, 15) is 9.59 Å². The van der Waals surface area contributed by atoms with Gasteiger partial charge in [0, 0.05) is 29.3 Å². The zero-order chi connectivity index (χ0) is 17.6. The molecule has 0 fully saturated rings. The minimum atomic E-state index is -0.274. The minimum Gasteiger partial charge on any atom is -0.484 e. The van der Waals surface area contributed by atoms with Crippen molar-refractivity contribution >= 4 is 17.4 Å². The lowest BCUT2D eigenvalue weighted by molar-refractivity contribution is -0.118. The van der Waals surface area contributed by atoms with Gasteiger partial charge in [0.2, 0.25) is 0 Å². The maximum absolute atomic E-state index is 12.0. The van der Waals surface area contributed by atoms with Crippen LogP contribution in [0.5, 0.6) is 5.75 Å². The maximum Gasteiger partial charge on any atom is 0.262 e. The summed E-state index contributed by atoms with van der Waals surface area (Å²) in [5, 5.41) is 2.77. The predicted octanol–water partition coefficient (Wildman–Crippen LogP) is 3.09. The van der Waals surface area contributed by atoms with E-state index in [4.69, 9.17) is 4.74 Å². The highest BCUT2D eigenvalue weighted by atomic mass is 16.5. The van der Waals surface area contributed by atoms with Gasteiger partial charge in [-0.05, 0) is 43.3 Å². The molecular weight excluding hydrogens is 318 g/mol. The van der Waals surface area contributed by atoms with Crippen molar-refractivity contribution in [3.05, 3.63) is 72.8 Å². The summed E-state index contributed by atoms with van der Waals surface area (Å²) in [6, 6.07) is 14.1. The molecular formula is C19H17N3O3. The lowest BCUT2D eigenvalue weighted by atomic mass is 10.1. The highest BCUT2D eigenvalue weighted by Crippen LogP contribution is 2.15. The summed E-state index contributed by atoms with van der Waals surface area (Å²) >= 11 is 0. The Kier molecular flexibility index (Phi) is 4.89. The minimum absolute atomic E-state index is 0.0483. The monoisotopic (exact) mass is 335 g/mol. The molecule has 1 amide bonds. The fourth-order valence-corrected chi connectivity index (χ4v) is 2.28. The van der Waals surface area contributed by atoms with Crippen molar-refractivity contribution in [2.24, 2.45) is 0 Å². The van der Waals surface area contributed by atoms with Gasteiger partial charge in [-0.3, -0.25) is 9.59 Å². The average molecular weight is 335 g/mol. The van der Waals surface area contributed by atoms with Crippen LogP contribution in [0.2, 0.25) is 0 Å². The Balaban J connectivity index is 1.56. The van der Waals surface area contributed by atoms with Gasteiger partial charge in [0.05, 0.1) is 6.33 Å². The molecule has 1 aromatic heterocycles. The van der Waals surface area contributed by atoms with E-state index in [2.05, 4.69) is 10.3 Å². The number of carbonyl (C=O) groups excluding carboxylic acids is 2. The molecule has 3 aromatic rings. The number of nitrogens with zero attached hydrogens (tertiary/aromatic N) is 2. The second kappa shape index (κ2) is 7.44. The third-order valence-corrected chi connectivity index (χ3v) is 3.56. The number of ether oxygens (including phenoxy) is 1. The van der Waals surface area contributed by atoms with Crippen LogP contribution in [0.3, 0.4) is 0 Å². The Morgan fingerprint density at radius 1 is 1.16 bits per heavy atom. The standard InChI is InChI=1S/C19H17N3O3/c1-14(23)15-3-2-4-18(11-15)25-12-19(24)21-16-5-7-17(8-6-16)22-10-9-20-13-22/h2-11,13H,12H2,1H3,(H,21,24). The van der Waals surface area contributed by atoms with Crippen LogP contribution in [0.15, 0.2) is 67.3 Å². The van der Waals surface area contributed by atoms with Crippen molar-refractivity contribution in [1.82, 2.24) is 9.55 Å². The van der Waals surface area contributed by atoms with E-state index in [-0.39, 0.29) is 18.3 Å². The van der Waals surface area contributed by atoms with E-state index < -0.39 is 0 Å². The van der Waals surface area contributed by atoms with Crippen LogP contribution in [-0.2, 0) is 4.79 Å². The highest BCUT2D eigenvalue weighted by Gasteiger charge is 2.06. The number of hydrogen-bond donors (Lipinski definition) is 1. The van der Waals surface area contributed by atoms with Gasteiger partial charge >= 0.3 is 0 Å². The van der Waals surface area contributed by atoms with Gasteiger partial charge in [-0.2, -0.15) is 0 Å². The molecule has 0 aliphatic carbocycles. The number of rotatable bonds is 6. The SMILES string of the molecule is CC(=O)c1cccc(OCC(=O)Nc2ccc(-n3ccnc3)cc2)c1. The van der Waals surface area contributed by atoms with Crippen LogP contribution in [0, 0.1) is 0 Å². The van der Waals surface area contributed by atoms with Crippen molar-refractivity contribution in [3.63, 3.8) is 0 Å².